The van der Waals surface area contributed by atoms with E-state index in [2.05, 4.69) is 51.9 Å². The third-order valence-electron chi connectivity index (χ3n) is 8.24. The Bertz CT molecular complexity index is 921. The molecule has 5 nitrogen and oxygen atoms in total. The summed E-state index contributed by atoms with van der Waals surface area (Å²) in [7, 11) is 3.66. The van der Waals surface area contributed by atoms with Crippen molar-refractivity contribution in [3.8, 4) is 0 Å². The molecule has 5 heteroatoms. The highest BCUT2D eigenvalue weighted by Gasteiger charge is 2.48. The lowest BCUT2D eigenvalue weighted by Crippen LogP contribution is -2.64. The highest BCUT2D eigenvalue weighted by atomic mass is 16.5. The molecule has 5 rings (SSSR count). The van der Waals surface area contributed by atoms with Gasteiger partial charge in [-0.05, 0) is 75.1 Å². The van der Waals surface area contributed by atoms with E-state index in [-0.39, 0.29) is 5.97 Å². The van der Waals surface area contributed by atoms with Gasteiger partial charge in [-0.25, -0.2) is 0 Å². The lowest BCUT2D eigenvalue weighted by Gasteiger charge is -2.57. The lowest BCUT2D eigenvalue weighted by molar-refractivity contribution is -0.141. The third-order valence-corrected chi connectivity index (χ3v) is 8.24. The zero-order valence-corrected chi connectivity index (χ0v) is 19.1. The van der Waals surface area contributed by atoms with Crippen LogP contribution >= 0.6 is 0 Å². The van der Waals surface area contributed by atoms with Crippen molar-refractivity contribution in [2.24, 2.45) is 18.9 Å². The van der Waals surface area contributed by atoms with Crippen LogP contribution in [0.1, 0.15) is 50.5 Å². The van der Waals surface area contributed by atoms with Crippen molar-refractivity contribution < 1.29 is 9.53 Å². The summed E-state index contributed by atoms with van der Waals surface area (Å²) in [6, 6.07) is 10.1. The zero-order valence-electron chi connectivity index (χ0n) is 19.1. The van der Waals surface area contributed by atoms with Crippen LogP contribution in [0.25, 0.3) is 10.9 Å². The SMILES string of the molecule is COC(=O)CCC[C@@H]1[C@H]2CCCN3CCC[C@H](CN1Cc1cn(C)c4ccccc14)[C@@H]23. The maximum absolute atomic E-state index is 11.8. The molecule has 3 aliphatic rings. The van der Waals surface area contributed by atoms with Gasteiger partial charge in [-0.3, -0.25) is 14.6 Å². The number of nitrogens with zero attached hydrogens (tertiary/aromatic N) is 3. The Morgan fingerprint density at radius 2 is 1.97 bits per heavy atom. The molecule has 3 aliphatic heterocycles. The van der Waals surface area contributed by atoms with E-state index < -0.39 is 0 Å². The fourth-order valence-corrected chi connectivity index (χ4v) is 6.99. The second-order valence-electron chi connectivity index (χ2n) is 9.98. The highest BCUT2D eigenvalue weighted by molar-refractivity contribution is 5.83. The lowest BCUT2D eigenvalue weighted by atomic mass is 9.69. The van der Waals surface area contributed by atoms with Gasteiger partial charge in [0.1, 0.15) is 0 Å². The van der Waals surface area contributed by atoms with Gasteiger partial charge in [0.05, 0.1) is 7.11 Å². The van der Waals surface area contributed by atoms with Gasteiger partial charge in [0.2, 0.25) is 0 Å². The van der Waals surface area contributed by atoms with Gasteiger partial charge >= 0.3 is 5.97 Å². The van der Waals surface area contributed by atoms with Crippen LogP contribution in [0.2, 0.25) is 0 Å². The van der Waals surface area contributed by atoms with Crippen molar-refractivity contribution in [3.05, 3.63) is 36.0 Å². The van der Waals surface area contributed by atoms with E-state index in [1.165, 1.54) is 68.9 Å². The number of aryl methyl sites for hydroxylation is 1. The molecule has 1 aromatic heterocycles. The van der Waals surface area contributed by atoms with Crippen molar-refractivity contribution in [1.82, 2.24) is 14.4 Å². The number of esters is 1. The zero-order chi connectivity index (χ0) is 21.4. The molecule has 2 aromatic rings. The Labute approximate surface area is 186 Å². The van der Waals surface area contributed by atoms with Gasteiger partial charge in [-0.15, -0.1) is 0 Å². The predicted molar refractivity (Wildman–Crippen MR) is 124 cm³/mol. The average Bonchev–Trinajstić information content (AvgIpc) is 3.11. The van der Waals surface area contributed by atoms with Crippen LogP contribution in [0.5, 0.6) is 0 Å². The first-order chi connectivity index (χ1) is 15.2. The Morgan fingerprint density at radius 1 is 1.16 bits per heavy atom. The number of carbonyl (C=O) groups excluding carboxylic acids is 1. The van der Waals surface area contributed by atoms with Gasteiger partial charge in [0.15, 0.2) is 0 Å². The summed E-state index contributed by atoms with van der Waals surface area (Å²) in [5.74, 6) is 1.46. The standard InChI is InChI=1S/C26H37N3O2/c1-27-16-20(21-9-3-4-11-23(21)27)18-29-17-19-8-6-14-28-15-7-10-22(26(19)28)24(29)12-5-13-25(30)31-2/h3-4,9,11,16,19,22,24,26H,5-8,10,12-15,17-18H2,1-2H3/t19-,22-,24-,26+/m1/s1. The maximum atomic E-state index is 11.8. The monoisotopic (exact) mass is 423 g/mol. The number of para-hydroxylation sites is 1. The minimum Gasteiger partial charge on any atom is -0.469 e. The molecule has 0 unspecified atom stereocenters. The number of carbonyl (C=O) groups is 1. The number of benzene rings is 1. The summed E-state index contributed by atoms with van der Waals surface area (Å²) in [6.45, 7) is 4.79. The van der Waals surface area contributed by atoms with Crippen molar-refractivity contribution in [1.29, 1.82) is 0 Å². The van der Waals surface area contributed by atoms with Crippen LogP contribution in [0.4, 0.5) is 0 Å². The highest BCUT2D eigenvalue weighted by Crippen LogP contribution is 2.44. The molecule has 0 amide bonds. The van der Waals surface area contributed by atoms with E-state index in [9.17, 15) is 4.79 Å². The molecule has 0 bridgehead atoms. The van der Waals surface area contributed by atoms with E-state index in [0.29, 0.717) is 12.5 Å². The molecule has 0 radical (unpaired) electrons. The Morgan fingerprint density at radius 3 is 2.81 bits per heavy atom. The molecule has 4 heterocycles. The fraction of sp³-hybridized carbons (Fsp3) is 0.654. The number of fused-ring (bicyclic) bond motifs is 1. The summed E-state index contributed by atoms with van der Waals surface area (Å²) in [5, 5.41) is 1.38. The summed E-state index contributed by atoms with van der Waals surface area (Å²) in [6.07, 6.45) is 10.3. The molecule has 3 saturated heterocycles. The molecule has 0 saturated carbocycles. The van der Waals surface area contributed by atoms with E-state index in [1.807, 2.05) is 0 Å². The largest absolute Gasteiger partial charge is 0.469 e. The number of likely N-dealkylation sites (tertiary alicyclic amines) is 1. The van der Waals surface area contributed by atoms with Gasteiger partial charge < -0.3 is 9.30 Å². The Kier molecular flexibility index (Phi) is 6.07. The van der Waals surface area contributed by atoms with Crippen LogP contribution in [-0.2, 0) is 23.1 Å². The molecular weight excluding hydrogens is 386 g/mol. The number of rotatable bonds is 6. The van der Waals surface area contributed by atoms with Crippen LogP contribution in [-0.4, -0.2) is 59.2 Å². The van der Waals surface area contributed by atoms with Crippen LogP contribution < -0.4 is 0 Å². The van der Waals surface area contributed by atoms with Crippen LogP contribution in [0.3, 0.4) is 0 Å². The van der Waals surface area contributed by atoms with Crippen molar-refractivity contribution in [3.63, 3.8) is 0 Å². The topological polar surface area (TPSA) is 37.7 Å². The number of aromatic nitrogens is 1. The van der Waals surface area contributed by atoms with Gasteiger partial charge in [-0.2, -0.15) is 0 Å². The Balaban J connectivity index is 1.42. The average molecular weight is 424 g/mol. The maximum Gasteiger partial charge on any atom is 0.305 e. The molecule has 0 aliphatic carbocycles. The molecule has 4 atom stereocenters. The van der Waals surface area contributed by atoms with Crippen molar-refractivity contribution in [2.75, 3.05) is 26.7 Å². The molecule has 3 fully saturated rings. The number of hydrogen-bond donors (Lipinski definition) is 0. The first kappa shape index (κ1) is 21.0. The summed E-state index contributed by atoms with van der Waals surface area (Å²) in [5.41, 5.74) is 2.76. The van der Waals surface area contributed by atoms with Gasteiger partial charge in [0, 0.05) is 55.7 Å². The minimum absolute atomic E-state index is 0.0720. The van der Waals surface area contributed by atoms with Crippen LogP contribution in [0, 0.1) is 11.8 Å². The summed E-state index contributed by atoms with van der Waals surface area (Å²) in [4.78, 5) is 17.4. The fourth-order valence-electron chi connectivity index (χ4n) is 6.99. The minimum atomic E-state index is -0.0720. The van der Waals surface area contributed by atoms with E-state index in [4.69, 9.17) is 4.74 Å². The smallest absolute Gasteiger partial charge is 0.305 e. The number of methoxy groups -OCH3 is 1. The molecule has 0 spiro atoms. The quantitative estimate of drug-likeness (QED) is 0.653. The first-order valence-electron chi connectivity index (χ1n) is 12.2. The number of piperidine rings is 3. The predicted octanol–water partition coefficient (Wildman–Crippen LogP) is 4.20. The summed E-state index contributed by atoms with van der Waals surface area (Å²) >= 11 is 0. The third kappa shape index (κ3) is 4.03. The molecule has 1 aromatic carbocycles. The molecule has 168 valence electrons. The molecule has 0 N–H and O–H groups in total. The Hall–Kier alpha value is -1.85. The summed E-state index contributed by atoms with van der Waals surface area (Å²) < 4.78 is 7.19. The second-order valence-corrected chi connectivity index (χ2v) is 9.98. The normalized spacial score (nSPS) is 29.1. The van der Waals surface area contributed by atoms with E-state index >= 15 is 0 Å². The van der Waals surface area contributed by atoms with Crippen molar-refractivity contribution >= 4 is 16.9 Å². The van der Waals surface area contributed by atoms with Gasteiger partial charge in [0.25, 0.3) is 0 Å². The number of hydrogen-bond acceptors (Lipinski definition) is 4. The van der Waals surface area contributed by atoms with Crippen LogP contribution in [0.15, 0.2) is 30.5 Å². The van der Waals surface area contributed by atoms with E-state index in [0.717, 1.165) is 37.3 Å². The van der Waals surface area contributed by atoms with Gasteiger partial charge in [-0.1, -0.05) is 18.2 Å². The van der Waals surface area contributed by atoms with E-state index in [1.54, 1.807) is 0 Å². The number of ether oxygens (including phenoxy) is 1. The first-order valence-corrected chi connectivity index (χ1v) is 12.2. The van der Waals surface area contributed by atoms with Crippen molar-refractivity contribution in [2.45, 2.75) is 63.6 Å². The molecule has 31 heavy (non-hydrogen) atoms. The molecular formula is C26H37N3O2. The second kappa shape index (κ2) is 8.95.